The van der Waals surface area contributed by atoms with Gasteiger partial charge in [0.15, 0.2) is 52.5 Å². The molecule has 0 radical (unpaired) electrons. The van der Waals surface area contributed by atoms with E-state index >= 15 is 0 Å². The number of piperidine rings is 6. The van der Waals surface area contributed by atoms with Crippen LogP contribution in [-0.4, -0.2) is 199 Å². The minimum absolute atomic E-state index is 0.0396. The van der Waals surface area contributed by atoms with Gasteiger partial charge in [0.25, 0.3) is 0 Å². The van der Waals surface area contributed by atoms with Crippen molar-refractivity contribution in [2.45, 2.75) is 242 Å². The van der Waals surface area contributed by atoms with E-state index in [1.165, 1.54) is 132 Å². The van der Waals surface area contributed by atoms with Crippen LogP contribution in [0.4, 0.5) is 0 Å². The molecule has 0 amide bonds. The Bertz CT molecular complexity index is 3400. The fourth-order valence-electron chi connectivity index (χ4n) is 22.7. The van der Waals surface area contributed by atoms with Crippen molar-refractivity contribution in [2.75, 3.05) is 78.5 Å². The third-order valence-electron chi connectivity index (χ3n) is 27.5. The number of rotatable bonds is 8. The number of hydrogen-bond donors (Lipinski definition) is 7. The fraction of sp³-hybridized carbons (Fsp3) is 0.720. The summed E-state index contributed by atoms with van der Waals surface area (Å²) in [7, 11) is 0. The predicted octanol–water partition coefficient (Wildman–Crippen LogP) is 8.03. The average molecular weight is 1250 g/mol. The maximum atomic E-state index is 12.7. The largest absolute Gasteiger partial charge is 0.504 e. The van der Waals surface area contributed by atoms with Crippen LogP contribution in [0.1, 0.15) is 181 Å². The lowest BCUT2D eigenvalue weighted by Gasteiger charge is -2.65. The number of phenols is 3. The summed E-state index contributed by atoms with van der Waals surface area (Å²) in [4.78, 5) is 25.5. The summed E-state index contributed by atoms with van der Waals surface area (Å²) < 4.78 is 19.4. The second-order valence-electron chi connectivity index (χ2n) is 32.2. The summed E-state index contributed by atoms with van der Waals surface area (Å²) in [5, 5.41) is 72.0. The second kappa shape index (κ2) is 21.7. The van der Waals surface area contributed by atoms with Gasteiger partial charge in [-0.15, -0.1) is 0 Å². The van der Waals surface area contributed by atoms with E-state index in [1.54, 1.807) is 12.1 Å². The van der Waals surface area contributed by atoms with E-state index in [2.05, 4.69) is 48.0 Å². The maximum Gasteiger partial charge on any atom is 0.174 e. The van der Waals surface area contributed by atoms with Crippen LogP contribution >= 0.6 is 0 Å². The topological polar surface area (TPSA) is 194 Å². The van der Waals surface area contributed by atoms with Gasteiger partial charge in [-0.1, -0.05) is 37.1 Å². The van der Waals surface area contributed by atoms with E-state index < -0.39 is 33.7 Å². The van der Waals surface area contributed by atoms with E-state index in [9.17, 15) is 35.4 Å². The number of nitrogens with zero attached hydrogens (tertiary/aromatic N) is 5. The van der Waals surface area contributed by atoms with Gasteiger partial charge in [0.05, 0.1) is 38.7 Å². The Morgan fingerprint density at radius 3 is 1.43 bits per heavy atom. The first kappa shape index (κ1) is 58.9. The molecule has 21 rings (SSSR count). The van der Waals surface area contributed by atoms with Gasteiger partial charge in [-0.3, -0.25) is 24.4 Å². The Morgan fingerprint density at radius 2 is 0.923 bits per heavy atom. The van der Waals surface area contributed by atoms with Gasteiger partial charge < -0.3 is 55.1 Å². The second-order valence-corrected chi connectivity index (χ2v) is 32.2. The molecule has 9 aliphatic heterocycles. The molecular formula is C75H100N6O10. The summed E-state index contributed by atoms with van der Waals surface area (Å²) in [6.45, 7) is 13.2. The summed E-state index contributed by atoms with van der Waals surface area (Å²) in [6.07, 6.45) is 29.8. The number of aromatic hydroxyl groups is 3. The van der Waals surface area contributed by atoms with Crippen LogP contribution < -0.4 is 19.5 Å². The van der Waals surface area contributed by atoms with E-state index in [4.69, 9.17) is 14.2 Å². The third kappa shape index (κ3) is 8.61. The lowest BCUT2D eigenvalue weighted by molar-refractivity contribution is -0.201. The van der Waals surface area contributed by atoms with E-state index in [-0.39, 0.29) is 58.8 Å². The highest BCUT2D eigenvalue weighted by Crippen LogP contribution is 2.69. The highest BCUT2D eigenvalue weighted by molar-refractivity contribution is 5.90. The van der Waals surface area contributed by atoms with Crippen LogP contribution in [0.3, 0.4) is 0 Å². The number of carbonyl (C=O) groups is 1. The minimum atomic E-state index is -0.940. The molecule has 3 aromatic carbocycles. The molecular weight excluding hydrogens is 1140 g/mol. The lowest BCUT2D eigenvalue weighted by Crippen LogP contribution is -2.78. The fourth-order valence-corrected chi connectivity index (χ4v) is 22.7. The molecule has 5 saturated carbocycles. The average Bonchev–Trinajstić information content (AvgIpc) is 1.60. The Labute approximate surface area is 537 Å². The van der Waals surface area contributed by atoms with Crippen molar-refractivity contribution in [3.8, 4) is 34.5 Å². The van der Waals surface area contributed by atoms with Gasteiger partial charge in [-0.2, -0.15) is 0 Å². The smallest absolute Gasteiger partial charge is 0.174 e. The number of ether oxygens (including phenoxy) is 3. The van der Waals surface area contributed by atoms with Gasteiger partial charge >= 0.3 is 0 Å². The molecule has 3 aromatic rings. The molecule has 7 N–H and O–H groups in total. The first-order valence-electron chi connectivity index (χ1n) is 36.7. The number of hydrogen-bond acceptors (Lipinski definition) is 16. The zero-order valence-corrected chi connectivity index (χ0v) is 53.7. The monoisotopic (exact) mass is 1240 g/mol. The molecule has 6 saturated heterocycles. The van der Waals surface area contributed by atoms with E-state index in [1.807, 2.05) is 12.1 Å². The SMILES string of the molecule is C1CCNCC1.O=C1CC[C@]2(O)C3Cc4ccc(O)c5c4[C@]2(CCN3CC2CC2)[C@@H]1O5.Oc1ccc2c3c1O[C@@H]1C(N4CCCCC4)=CC[C@]4(O)C(C2)N(CC2CC2)CC[C@@]314.Oc1ccc2c3c1O[C@@H]1[C@@H](N4CCCCC4)CC[C@]4(O)C(C2)N(CC2CC2)CC[C@@]314. The van der Waals surface area contributed by atoms with Crippen LogP contribution in [0.5, 0.6) is 34.5 Å². The first-order chi connectivity index (χ1) is 44.3. The molecule has 16 heteroatoms. The molecule has 0 aromatic heterocycles. The maximum absolute atomic E-state index is 12.7. The van der Waals surface area contributed by atoms with E-state index in [0.717, 1.165) is 151 Å². The molecule has 11 fully saturated rings. The minimum Gasteiger partial charge on any atom is -0.504 e. The van der Waals surface area contributed by atoms with Gasteiger partial charge in [-0.05, 0) is 246 Å². The van der Waals surface area contributed by atoms with Crippen LogP contribution in [-0.2, 0) is 40.3 Å². The molecule has 13 atom stereocenters. The molecule has 3 spiro atoms. The molecule has 9 aliphatic carbocycles. The number of likely N-dealkylation sites (tertiary alicyclic amines) is 5. The highest BCUT2D eigenvalue weighted by Gasteiger charge is 2.76. The number of nitrogens with one attached hydrogen (secondary N) is 1. The summed E-state index contributed by atoms with van der Waals surface area (Å²) in [5.74, 6) is 4.87. The van der Waals surface area contributed by atoms with Gasteiger partial charge in [-0.25, -0.2) is 0 Å². The van der Waals surface area contributed by atoms with E-state index in [0.29, 0.717) is 42.6 Å². The zero-order chi connectivity index (χ0) is 61.4. The first-order valence-corrected chi connectivity index (χ1v) is 36.7. The Kier molecular flexibility index (Phi) is 14.0. The van der Waals surface area contributed by atoms with Crippen molar-refractivity contribution < 1.29 is 49.6 Å². The zero-order valence-electron chi connectivity index (χ0n) is 53.7. The lowest BCUT2D eigenvalue weighted by atomic mass is 9.48. The number of Topliss-reactive ketones (excluding diaryl/α,β-unsaturated/α-hetero) is 1. The molecule has 6 bridgehead atoms. The van der Waals surface area contributed by atoms with Gasteiger partial charge in [0.1, 0.15) is 6.10 Å². The molecule has 91 heavy (non-hydrogen) atoms. The van der Waals surface area contributed by atoms with Crippen molar-refractivity contribution >= 4 is 5.78 Å². The quantitative estimate of drug-likeness (QED) is 0.115. The molecule has 3 unspecified atom stereocenters. The van der Waals surface area contributed by atoms with Crippen LogP contribution in [0, 0.1) is 17.8 Å². The van der Waals surface area contributed by atoms with Crippen molar-refractivity contribution in [2.24, 2.45) is 17.8 Å². The van der Waals surface area contributed by atoms with Crippen LogP contribution in [0.25, 0.3) is 0 Å². The molecule has 16 nitrogen and oxygen atoms in total. The van der Waals surface area contributed by atoms with Gasteiger partial charge in [0, 0.05) is 80.0 Å². The summed E-state index contributed by atoms with van der Waals surface area (Å²) >= 11 is 0. The van der Waals surface area contributed by atoms with Crippen molar-refractivity contribution in [1.82, 2.24) is 29.8 Å². The summed E-state index contributed by atoms with van der Waals surface area (Å²) in [6, 6.07) is 12.2. The Hall–Kier alpha value is -4.65. The Balaban J connectivity index is 0.0000000969. The number of benzene rings is 3. The molecule has 9 heterocycles. The Morgan fingerprint density at radius 1 is 0.473 bits per heavy atom. The standard InChI is InChI=1S/C25H34N2O3.C25H32N2O3.C20H23NO4.C5H11N/c2*28-19-7-6-17-14-20-25(29)9-8-18(26-11-2-1-3-12-26)23-24(25,21(17)22(19)30-23)10-13-27(20)15-16-4-5-16;22-13-4-3-12-9-15-20(24)6-5-14(23)18-19(20,16(12)17(13)25-18)7-8-21(15)10-11-1-2-11;1-2-4-6-5-3-1/h6-7,16,18,20,23,28-29H,1-5,8-15H2;6-8,16,20,23,28-29H,1-5,9-15H2;3-4,11,15,18,22,24H,1-2,5-10H2;6H,1-5H2/t18-,20?,23+,24+,25-;20?,23-,24-,25+;15?,18-,19-,20+;/m011./s1. The number of phenolic OH excluding ortho intramolecular Hbond substituents is 3. The van der Waals surface area contributed by atoms with Crippen molar-refractivity contribution in [3.63, 3.8) is 0 Å². The molecule has 490 valence electrons. The predicted molar refractivity (Wildman–Crippen MR) is 344 cm³/mol. The normalized spacial score (nSPS) is 40.0. The number of carbonyl (C=O) groups excluding carboxylic acids is 1. The summed E-state index contributed by atoms with van der Waals surface area (Å²) in [5.41, 5.74) is 4.23. The van der Waals surface area contributed by atoms with Crippen LogP contribution in [0.15, 0.2) is 48.2 Å². The third-order valence-corrected chi connectivity index (χ3v) is 27.5. The van der Waals surface area contributed by atoms with Crippen molar-refractivity contribution in [3.05, 3.63) is 81.6 Å². The van der Waals surface area contributed by atoms with Crippen molar-refractivity contribution in [1.29, 1.82) is 0 Å². The van der Waals surface area contributed by atoms with Gasteiger partial charge in [0.2, 0.25) is 0 Å². The van der Waals surface area contributed by atoms with Crippen LogP contribution in [0.2, 0.25) is 0 Å². The number of ketones is 1. The number of aliphatic hydroxyl groups is 3. The molecule has 18 aliphatic rings. The highest BCUT2D eigenvalue weighted by atomic mass is 16.5.